The Morgan fingerprint density at radius 3 is 2.14 bits per heavy atom. The number of ether oxygens (including phenoxy) is 1. The largest absolute Gasteiger partial charge is 0.439 e. The van der Waals surface area contributed by atoms with E-state index in [1.807, 2.05) is 38.2 Å². The first-order valence-electron chi connectivity index (χ1n) is 7.12. The Morgan fingerprint density at radius 1 is 1.00 bits per heavy atom. The molecule has 2 aromatic rings. The number of hydrogen-bond donors (Lipinski definition) is 1. The molecule has 0 amide bonds. The van der Waals surface area contributed by atoms with Gasteiger partial charge < -0.3 is 10.1 Å². The number of aromatic nitrogens is 2. The van der Waals surface area contributed by atoms with Crippen LogP contribution in [0.15, 0.2) is 24.3 Å². The number of nitrogens with zero attached hydrogens (tertiary/aromatic N) is 2. The summed E-state index contributed by atoms with van der Waals surface area (Å²) in [4.78, 5) is 9.17. The van der Waals surface area contributed by atoms with E-state index in [2.05, 4.69) is 43.0 Å². The standard InChI is InChI=1S/C17H23N3O/c1-11-7-9-13(10-8-11)21-15-12(2)14(18-6)19-16(20-15)17(3,4)5/h7-10H,1-6H3,(H,18,19,20). The second-order valence-electron chi connectivity index (χ2n) is 6.24. The second kappa shape index (κ2) is 5.72. The van der Waals surface area contributed by atoms with Crippen LogP contribution in [0.5, 0.6) is 11.6 Å². The molecule has 1 aromatic heterocycles. The van der Waals surface area contributed by atoms with Gasteiger partial charge in [0.25, 0.3) is 0 Å². The van der Waals surface area contributed by atoms with Gasteiger partial charge in [0.2, 0.25) is 5.88 Å². The molecule has 1 heterocycles. The van der Waals surface area contributed by atoms with E-state index in [1.165, 1.54) is 5.56 Å². The van der Waals surface area contributed by atoms with Crippen LogP contribution in [0.1, 0.15) is 37.7 Å². The van der Waals surface area contributed by atoms with Gasteiger partial charge in [0.05, 0.1) is 5.56 Å². The van der Waals surface area contributed by atoms with Crippen molar-refractivity contribution in [3.05, 3.63) is 41.2 Å². The van der Waals surface area contributed by atoms with Crippen LogP contribution < -0.4 is 10.1 Å². The molecular formula is C17H23N3O. The first-order chi connectivity index (χ1) is 9.81. The van der Waals surface area contributed by atoms with Crippen LogP contribution in [0.2, 0.25) is 0 Å². The fourth-order valence-electron chi connectivity index (χ4n) is 1.89. The lowest BCUT2D eigenvalue weighted by molar-refractivity contribution is 0.442. The van der Waals surface area contributed by atoms with Crippen molar-refractivity contribution in [1.29, 1.82) is 0 Å². The van der Waals surface area contributed by atoms with Crippen molar-refractivity contribution in [2.45, 2.75) is 40.0 Å². The molecule has 4 heteroatoms. The molecule has 0 saturated heterocycles. The van der Waals surface area contributed by atoms with E-state index in [4.69, 9.17) is 4.74 Å². The van der Waals surface area contributed by atoms with Gasteiger partial charge in [-0.1, -0.05) is 38.5 Å². The Bertz CT molecular complexity index is 628. The van der Waals surface area contributed by atoms with Crippen LogP contribution in [0.3, 0.4) is 0 Å². The molecule has 0 spiro atoms. The molecule has 0 saturated carbocycles. The summed E-state index contributed by atoms with van der Waals surface area (Å²) in [6.07, 6.45) is 0. The molecule has 4 nitrogen and oxygen atoms in total. The fourth-order valence-corrected chi connectivity index (χ4v) is 1.89. The summed E-state index contributed by atoms with van der Waals surface area (Å²) in [7, 11) is 1.86. The monoisotopic (exact) mass is 285 g/mol. The topological polar surface area (TPSA) is 47.0 Å². The predicted molar refractivity (Wildman–Crippen MR) is 86.3 cm³/mol. The zero-order valence-corrected chi connectivity index (χ0v) is 13.6. The smallest absolute Gasteiger partial charge is 0.227 e. The highest BCUT2D eigenvalue weighted by molar-refractivity contribution is 5.49. The second-order valence-corrected chi connectivity index (χ2v) is 6.24. The van der Waals surface area contributed by atoms with Gasteiger partial charge in [-0.25, -0.2) is 4.98 Å². The Balaban J connectivity index is 2.44. The molecule has 1 N–H and O–H groups in total. The summed E-state index contributed by atoms with van der Waals surface area (Å²) in [5, 5.41) is 3.11. The van der Waals surface area contributed by atoms with Gasteiger partial charge in [0, 0.05) is 12.5 Å². The van der Waals surface area contributed by atoms with E-state index in [9.17, 15) is 0 Å². The quantitative estimate of drug-likeness (QED) is 0.917. The highest BCUT2D eigenvalue weighted by atomic mass is 16.5. The minimum atomic E-state index is -0.134. The SMILES string of the molecule is CNc1nc(C(C)(C)C)nc(Oc2ccc(C)cc2)c1C. The van der Waals surface area contributed by atoms with Crippen molar-refractivity contribution in [3.8, 4) is 11.6 Å². The zero-order valence-electron chi connectivity index (χ0n) is 13.6. The summed E-state index contributed by atoms with van der Waals surface area (Å²) >= 11 is 0. The Kier molecular flexibility index (Phi) is 4.16. The van der Waals surface area contributed by atoms with Crippen LogP contribution in [0, 0.1) is 13.8 Å². The van der Waals surface area contributed by atoms with E-state index in [-0.39, 0.29) is 5.41 Å². The third-order valence-corrected chi connectivity index (χ3v) is 3.24. The average molecular weight is 285 g/mol. The molecule has 112 valence electrons. The minimum Gasteiger partial charge on any atom is -0.439 e. The lowest BCUT2D eigenvalue weighted by Crippen LogP contribution is -2.18. The van der Waals surface area contributed by atoms with Crippen LogP contribution in [-0.4, -0.2) is 17.0 Å². The minimum absolute atomic E-state index is 0.134. The summed E-state index contributed by atoms with van der Waals surface area (Å²) in [5.74, 6) is 2.95. The number of rotatable bonds is 3. The molecule has 1 aromatic carbocycles. The molecule has 0 aliphatic carbocycles. The molecule has 0 unspecified atom stereocenters. The van der Waals surface area contributed by atoms with Gasteiger partial charge in [-0.3, -0.25) is 0 Å². The van der Waals surface area contributed by atoms with Gasteiger partial charge >= 0.3 is 0 Å². The van der Waals surface area contributed by atoms with Crippen molar-refractivity contribution in [2.24, 2.45) is 0 Å². The number of anilines is 1. The first kappa shape index (κ1) is 15.3. The summed E-state index contributed by atoms with van der Waals surface area (Å²) < 4.78 is 5.95. The van der Waals surface area contributed by atoms with E-state index in [0.29, 0.717) is 5.88 Å². The first-order valence-corrected chi connectivity index (χ1v) is 7.12. The van der Waals surface area contributed by atoms with Crippen LogP contribution in [-0.2, 0) is 5.41 Å². The number of nitrogens with one attached hydrogen (secondary N) is 1. The maximum atomic E-state index is 5.95. The van der Waals surface area contributed by atoms with E-state index >= 15 is 0 Å². The molecule has 0 radical (unpaired) electrons. The molecule has 0 atom stereocenters. The normalized spacial score (nSPS) is 11.3. The summed E-state index contributed by atoms with van der Waals surface area (Å²) in [5.41, 5.74) is 1.98. The highest BCUT2D eigenvalue weighted by Gasteiger charge is 2.21. The number of aryl methyl sites for hydroxylation is 1. The number of benzene rings is 1. The lowest BCUT2D eigenvalue weighted by Gasteiger charge is -2.20. The summed E-state index contributed by atoms with van der Waals surface area (Å²) in [6.45, 7) is 10.3. The van der Waals surface area contributed by atoms with Crippen molar-refractivity contribution in [2.75, 3.05) is 12.4 Å². The molecule has 0 fully saturated rings. The summed E-state index contributed by atoms with van der Waals surface area (Å²) in [6, 6.07) is 7.95. The lowest BCUT2D eigenvalue weighted by atomic mass is 9.95. The van der Waals surface area contributed by atoms with Crippen molar-refractivity contribution < 1.29 is 4.74 Å². The van der Waals surface area contributed by atoms with E-state index in [0.717, 1.165) is 23.0 Å². The van der Waals surface area contributed by atoms with E-state index in [1.54, 1.807) is 0 Å². The number of hydrogen-bond acceptors (Lipinski definition) is 4. The maximum absolute atomic E-state index is 5.95. The van der Waals surface area contributed by atoms with Crippen molar-refractivity contribution >= 4 is 5.82 Å². The molecule has 0 bridgehead atoms. The van der Waals surface area contributed by atoms with Crippen molar-refractivity contribution in [1.82, 2.24) is 9.97 Å². The predicted octanol–water partition coefficient (Wildman–Crippen LogP) is 4.22. The van der Waals surface area contributed by atoms with Gasteiger partial charge in [0.1, 0.15) is 17.4 Å². The molecule has 0 aliphatic heterocycles. The Hall–Kier alpha value is -2.10. The third-order valence-electron chi connectivity index (χ3n) is 3.24. The molecule has 2 rings (SSSR count). The molecular weight excluding hydrogens is 262 g/mol. The van der Waals surface area contributed by atoms with Crippen LogP contribution in [0.25, 0.3) is 0 Å². The van der Waals surface area contributed by atoms with Crippen LogP contribution in [0.4, 0.5) is 5.82 Å². The molecule has 0 aliphatic rings. The van der Waals surface area contributed by atoms with Gasteiger partial charge in [-0.15, -0.1) is 0 Å². The Labute approximate surface area is 126 Å². The van der Waals surface area contributed by atoms with Gasteiger partial charge in [-0.2, -0.15) is 4.98 Å². The van der Waals surface area contributed by atoms with Gasteiger partial charge in [-0.05, 0) is 26.0 Å². The van der Waals surface area contributed by atoms with Crippen LogP contribution >= 0.6 is 0 Å². The average Bonchev–Trinajstić information content (AvgIpc) is 2.42. The Morgan fingerprint density at radius 2 is 1.62 bits per heavy atom. The molecule has 21 heavy (non-hydrogen) atoms. The van der Waals surface area contributed by atoms with Gasteiger partial charge in [0.15, 0.2) is 0 Å². The third kappa shape index (κ3) is 3.51. The zero-order chi connectivity index (χ0) is 15.6. The maximum Gasteiger partial charge on any atom is 0.227 e. The van der Waals surface area contributed by atoms with E-state index < -0.39 is 0 Å². The highest BCUT2D eigenvalue weighted by Crippen LogP contribution is 2.30. The van der Waals surface area contributed by atoms with Crippen molar-refractivity contribution in [3.63, 3.8) is 0 Å². The fraction of sp³-hybridized carbons (Fsp3) is 0.412.